The van der Waals surface area contributed by atoms with Gasteiger partial charge in [-0.05, 0) is 62.3 Å². The molecule has 2 aromatic carbocycles. The number of carbonyl (C=O) groups excluding carboxylic acids is 2. The number of hydrogen-bond donors (Lipinski definition) is 1. The second-order valence-corrected chi connectivity index (χ2v) is 7.60. The van der Waals surface area contributed by atoms with Gasteiger partial charge in [0, 0.05) is 11.5 Å². The number of amides is 1. The molecule has 1 aromatic heterocycles. The van der Waals surface area contributed by atoms with E-state index in [-0.39, 0.29) is 17.6 Å². The summed E-state index contributed by atoms with van der Waals surface area (Å²) in [6, 6.07) is 12.7. The molecule has 166 valence electrons. The topological polar surface area (TPSA) is 97.6 Å². The summed E-state index contributed by atoms with van der Waals surface area (Å²) in [5.74, 6) is -0.196. The molecule has 2 heterocycles. The zero-order chi connectivity index (χ0) is 22.5. The highest BCUT2D eigenvalue weighted by molar-refractivity contribution is 6.01. The number of carbonyl (C=O) groups is 2. The van der Waals surface area contributed by atoms with Gasteiger partial charge >= 0.3 is 5.97 Å². The number of halogens is 1. The van der Waals surface area contributed by atoms with Gasteiger partial charge in [-0.1, -0.05) is 17.3 Å². The lowest BCUT2D eigenvalue weighted by atomic mass is 9.95. The summed E-state index contributed by atoms with van der Waals surface area (Å²) in [4.78, 5) is 31.2. The van der Waals surface area contributed by atoms with Gasteiger partial charge in [0.15, 0.2) is 0 Å². The number of hydrogen-bond acceptors (Lipinski definition) is 7. The fraction of sp³-hybridized carbons (Fsp3) is 0.304. The highest BCUT2D eigenvalue weighted by atomic mass is 19.1. The van der Waals surface area contributed by atoms with E-state index in [1.54, 1.807) is 36.4 Å². The van der Waals surface area contributed by atoms with Crippen molar-refractivity contribution in [3.63, 3.8) is 0 Å². The molecule has 1 fully saturated rings. The van der Waals surface area contributed by atoms with Gasteiger partial charge in [-0.15, -0.1) is 0 Å². The number of esters is 1. The average molecular weight is 438 g/mol. The fourth-order valence-corrected chi connectivity index (χ4v) is 3.69. The summed E-state index contributed by atoms with van der Waals surface area (Å²) in [5, 5.41) is 6.82. The van der Waals surface area contributed by atoms with Gasteiger partial charge in [0.25, 0.3) is 0 Å². The Morgan fingerprint density at radius 3 is 2.59 bits per heavy atom. The van der Waals surface area contributed by atoms with Crippen LogP contribution in [0.3, 0.4) is 0 Å². The number of nitrogens with zero attached hydrogens (tertiary/aromatic N) is 3. The predicted molar refractivity (Wildman–Crippen MR) is 114 cm³/mol. The van der Waals surface area contributed by atoms with Crippen molar-refractivity contribution in [2.45, 2.75) is 19.4 Å². The highest BCUT2D eigenvalue weighted by Gasteiger charge is 2.27. The van der Waals surface area contributed by atoms with Crippen LogP contribution in [0.1, 0.15) is 29.1 Å². The minimum absolute atomic E-state index is 0.114. The van der Waals surface area contributed by atoms with Crippen molar-refractivity contribution in [2.24, 2.45) is 5.92 Å². The molecule has 9 heteroatoms. The lowest BCUT2D eigenvalue weighted by Crippen LogP contribution is -2.38. The second kappa shape index (κ2) is 9.69. The third-order valence-corrected chi connectivity index (χ3v) is 5.48. The maximum Gasteiger partial charge on any atom is 0.339 e. The molecule has 0 spiro atoms. The van der Waals surface area contributed by atoms with Gasteiger partial charge in [0.05, 0.1) is 24.9 Å². The van der Waals surface area contributed by atoms with Crippen LogP contribution < -0.4 is 5.32 Å². The molecular weight excluding hydrogens is 415 g/mol. The Morgan fingerprint density at radius 1 is 1.16 bits per heavy atom. The molecule has 0 saturated carbocycles. The van der Waals surface area contributed by atoms with E-state index in [1.165, 1.54) is 19.2 Å². The van der Waals surface area contributed by atoms with E-state index in [9.17, 15) is 14.0 Å². The molecule has 0 bridgehead atoms. The van der Waals surface area contributed by atoms with Crippen LogP contribution in [-0.2, 0) is 16.1 Å². The molecule has 0 atom stereocenters. The van der Waals surface area contributed by atoms with Crippen molar-refractivity contribution in [1.82, 2.24) is 15.0 Å². The van der Waals surface area contributed by atoms with Crippen molar-refractivity contribution >= 4 is 17.6 Å². The molecule has 0 unspecified atom stereocenters. The monoisotopic (exact) mass is 438 g/mol. The Labute approximate surface area is 184 Å². The number of likely N-dealkylation sites (tertiary alicyclic amines) is 1. The van der Waals surface area contributed by atoms with Crippen LogP contribution in [0.4, 0.5) is 10.1 Å². The largest absolute Gasteiger partial charge is 0.465 e. The van der Waals surface area contributed by atoms with Gasteiger partial charge in [-0.3, -0.25) is 9.69 Å². The Bertz CT molecular complexity index is 1090. The van der Waals surface area contributed by atoms with Crippen molar-refractivity contribution < 1.29 is 23.2 Å². The number of rotatable bonds is 6. The van der Waals surface area contributed by atoms with Crippen molar-refractivity contribution in [3.8, 4) is 11.4 Å². The molecule has 1 N–H and O–H groups in total. The van der Waals surface area contributed by atoms with Crippen LogP contribution in [0, 0.1) is 11.7 Å². The van der Waals surface area contributed by atoms with E-state index in [2.05, 4.69) is 20.4 Å². The van der Waals surface area contributed by atoms with Crippen molar-refractivity contribution in [1.29, 1.82) is 0 Å². The zero-order valence-electron chi connectivity index (χ0n) is 17.6. The van der Waals surface area contributed by atoms with Crippen molar-refractivity contribution in [2.75, 3.05) is 25.5 Å². The molecule has 1 amide bonds. The van der Waals surface area contributed by atoms with Gasteiger partial charge in [-0.2, -0.15) is 4.98 Å². The number of methoxy groups -OCH3 is 1. The Morgan fingerprint density at radius 2 is 1.88 bits per heavy atom. The molecule has 1 saturated heterocycles. The van der Waals surface area contributed by atoms with Crippen LogP contribution in [0.15, 0.2) is 53.1 Å². The van der Waals surface area contributed by atoms with Gasteiger partial charge in [0.2, 0.25) is 17.6 Å². The first-order valence-corrected chi connectivity index (χ1v) is 10.3. The quantitative estimate of drug-likeness (QED) is 0.588. The van der Waals surface area contributed by atoms with Gasteiger partial charge in [0.1, 0.15) is 5.82 Å². The summed E-state index contributed by atoms with van der Waals surface area (Å²) in [6.45, 7) is 1.88. The first-order valence-electron chi connectivity index (χ1n) is 10.3. The highest BCUT2D eigenvalue weighted by Crippen LogP contribution is 2.23. The average Bonchev–Trinajstić information content (AvgIpc) is 3.28. The van der Waals surface area contributed by atoms with Crippen LogP contribution in [0.25, 0.3) is 11.4 Å². The molecule has 0 aliphatic carbocycles. The Kier molecular flexibility index (Phi) is 6.55. The van der Waals surface area contributed by atoms with E-state index >= 15 is 0 Å². The van der Waals surface area contributed by atoms with Gasteiger partial charge in [-0.25, -0.2) is 9.18 Å². The van der Waals surface area contributed by atoms with E-state index in [0.717, 1.165) is 0 Å². The summed E-state index contributed by atoms with van der Waals surface area (Å²) < 4.78 is 23.2. The van der Waals surface area contributed by atoms with Crippen LogP contribution in [0.5, 0.6) is 0 Å². The van der Waals surface area contributed by atoms with Crippen molar-refractivity contribution in [3.05, 3.63) is 65.8 Å². The molecule has 1 aliphatic rings. The number of aromatic nitrogens is 2. The van der Waals surface area contributed by atoms with E-state index in [4.69, 9.17) is 9.26 Å². The normalized spacial score (nSPS) is 14.8. The van der Waals surface area contributed by atoms with Crippen LogP contribution in [-0.4, -0.2) is 47.1 Å². The molecule has 3 aromatic rings. The van der Waals surface area contributed by atoms with E-state index in [0.29, 0.717) is 61.0 Å². The minimum atomic E-state index is -0.490. The number of para-hydroxylation sites is 1. The summed E-state index contributed by atoms with van der Waals surface area (Å²) in [7, 11) is 1.31. The van der Waals surface area contributed by atoms with E-state index in [1.807, 2.05) is 0 Å². The molecular formula is C23H23FN4O4. The second-order valence-electron chi connectivity index (χ2n) is 7.60. The van der Waals surface area contributed by atoms with Crippen LogP contribution in [0.2, 0.25) is 0 Å². The third-order valence-electron chi connectivity index (χ3n) is 5.48. The standard InChI is InChI=1S/C23H23FN4O4/c1-31-23(30)18-4-2-3-5-19(18)25-22(29)16-10-12-28(13-11-16)14-20-26-21(27-32-20)15-6-8-17(24)9-7-15/h2-9,16H,10-14H2,1H3,(H,25,29). The molecule has 0 radical (unpaired) electrons. The third kappa shape index (κ3) is 5.00. The molecule has 4 rings (SSSR count). The predicted octanol–water partition coefficient (Wildman–Crippen LogP) is 3.51. The number of ether oxygens (including phenoxy) is 1. The SMILES string of the molecule is COC(=O)c1ccccc1NC(=O)C1CCN(Cc2nc(-c3ccc(F)cc3)no2)CC1. The van der Waals surface area contributed by atoms with E-state index < -0.39 is 5.97 Å². The Hall–Kier alpha value is -3.59. The maximum absolute atomic E-state index is 13.1. The smallest absolute Gasteiger partial charge is 0.339 e. The summed E-state index contributed by atoms with van der Waals surface area (Å²) in [5.41, 5.74) is 1.46. The van der Waals surface area contributed by atoms with Crippen LogP contribution >= 0.6 is 0 Å². The molecule has 1 aliphatic heterocycles. The first-order chi connectivity index (χ1) is 15.5. The minimum Gasteiger partial charge on any atom is -0.465 e. The Balaban J connectivity index is 1.31. The zero-order valence-corrected chi connectivity index (χ0v) is 17.6. The summed E-state index contributed by atoms with van der Waals surface area (Å²) >= 11 is 0. The lowest BCUT2D eigenvalue weighted by molar-refractivity contribution is -0.121. The maximum atomic E-state index is 13.1. The van der Waals surface area contributed by atoms with Gasteiger partial charge < -0.3 is 14.6 Å². The molecule has 32 heavy (non-hydrogen) atoms. The number of piperidine rings is 1. The number of nitrogens with one attached hydrogen (secondary N) is 1. The molecule has 8 nitrogen and oxygen atoms in total. The lowest BCUT2D eigenvalue weighted by Gasteiger charge is -2.30. The summed E-state index contributed by atoms with van der Waals surface area (Å²) in [6.07, 6.45) is 1.34. The first kappa shape index (κ1) is 21.6. The fourth-order valence-electron chi connectivity index (χ4n) is 3.69. The number of benzene rings is 2. The number of anilines is 1.